The number of rotatable bonds is 2. The monoisotopic (exact) mass is 308 g/mol. The van der Waals surface area contributed by atoms with Gasteiger partial charge in [0.15, 0.2) is 0 Å². The van der Waals surface area contributed by atoms with Crippen molar-refractivity contribution in [1.82, 2.24) is 5.32 Å². The van der Waals surface area contributed by atoms with Gasteiger partial charge in [0.25, 0.3) is 5.91 Å². The van der Waals surface area contributed by atoms with E-state index in [0.717, 1.165) is 11.3 Å². The highest BCUT2D eigenvalue weighted by molar-refractivity contribution is 6.33. The number of methoxy groups -OCH3 is 1. The van der Waals surface area contributed by atoms with Gasteiger partial charge in [-0.3, -0.25) is 14.9 Å². The predicted molar refractivity (Wildman–Crippen MR) is 75.3 cm³/mol. The topological polar surface area (TPSA) is 75.7 Å². The van der Waals surface area contributed by atoms with Crippen LogP contribution in [-0.2, 0) is 9.59 Å². The third-order valence-electron chi connectivity index (χ3n) is 4.06. The summed E-state index contributed by atoms with van der Waals surface area (Å²) in [5.74, 6) is -0.684. The van der Waals surface area contributed by atoms with Gasteiger partial charge in [0.05, 0.1) is 12.8 Å². The Kier molecular flexibility index (Phi) is 3.13. The van der Waals surface area contributed by atoms with Crippen LogP contribution in [0.3, 0.4) is 0 Å². The molecule has 1 saturated heterocycles. The van der Waals surface area contributed by atoms with E-state index in [4.69, 9.17) is 16.3 Å². The second-order valence-corrected chi connectivity index (χ2v) is 5.59. The van der Waals surface area contributed by atoms with Crippen LogP contribution in [0.4, 0.5) is 10.5 Å². The first kappa shape index (κ1) is 13.9. The van der Waals surface area contributed by atoms with Gasteiger partial charge in [0.2, 0.25) is 5.91 Å². The zero-order valence-corrected chi connectivity index (χ0v) is 12.1. The SMILES string of the molecule is COc1ccc(Cl)cc1N1C(=O)NC(=O)C2(CCC2)C1=O. The summed E-state index contributed by atoms with van der Waals surface area (Å²) in [6.45, 7) is 0. The smallest absolute Gasteiger partial charge is 0.335 e. The average molecular weight is 309 g/mol. The van der Waals surface area contributed by atoms with Crippen LogP contribution < -0.4 is 15.0 Å². The number of benzene rings is 1. The van der Waals surface area contributed by atoms with Gasteiger partial charge in [-0.2, -0.15) is 0 Å². The lowest BCUT2D eigenvalue weighted by atomic mass is 9.66. The molecule has 21 heavy (non-hydrogen) atoms. The molecule has 1 aromatic rings. The predicted octanol–water partition coefficient (Wildman–Crippen LogP) is 2.10. The van der Waals surface area contributed by atoms with Crippen molar-refractivity contribution in [1.29, 1.82) is 0 Å². The molecule has 4 amide bonds. The van der Waals surface area contributed by atoms with Gasteiger partial charge in [-0.15, -0.1) is 0 Å². The van der Waals surface area contributed by atoms with E-state index in [1.165, 1.54) is 13.2 Å². The Hall–Kier alpha value is -2.08. The van der Waals surface area contributed by atoms with Crippen molar-refractivity contribution in [3.8, 4) is 5.75 Å². The van der Waals surface area contributed by atoms with Gasteiger partial charge in [-0.05, 0) is 31.0 Å². The molecule has 1 aliphatic heterocycles. The maximum atomic E-state index is 12.7. The Morgan fingerprint density at radius 3 is 2.57 bits per heavy atom. The van der Waals surface area contributed by atoms with Gasteiger partial charge < -0.3 is 4.74 Å². The summed E-state index contributed by atoms with van der Waals surface area (Å²) in [6.07, 6.45) is 1.68. The molecular weight excluding hydrogens is 296 g/mol. The lowest BCUT2D eigenvalue weighted by molar-refractivity contribution is -0.148. The molecule has 0 unspecified atom stereocenters. The lowest BCUT2D eigenvalue weighted by Crippen LogP contribution is -2.66. The van der Waals surface area contributed by atoms with E-state index in [2.05, 4.69) is 5.32 Å². The zero-order valence-electron chi connectivity index (χ0n) is 11.3. The third-order valence-corrected chi connectivity index (χ3v) is 4.29. The number of anilines is 1. The Labute approximate surface area is 126 Å². The fourth-order valence-corrected chi connectivity index (χ4v) is 2.87. The molecule has 1 aliphatic carbocycles. The maximum Gasteiger partial charge on any atom is 0.335 e. The van der Waals surface area contributed by atoms with Crippen molar-refractivity contribution >= 4 is 35.1 Å². The number of hydrogen-bond donors (Lipinski definition) is 1. The molecule has 0 bridgehead atoms. The van der Waals surface area contributed by atoms with Crippen LogP contribution in [0.25, 0.3) is 0 Å². The van der Waals surface area contributed by atoms with Crippen LogP contribution >= 0.6 is 11.6 Å². The van der Waals surface area contributed by atoms with Crippen molar-refractivity contribution in [3.63, 3.8) is 0 Å². The molecule has 110 valence electrons. The quantitative estimate of drug-likeness (QED) is 0.849. The number of barbiturate groups is 1. The molecule has 3 rings (SSSR count). The number of hydrogen-bond acceptors (Lipinski definition) is 4. The molecule has 0 atom stereocenters. The van der Waals surface area contributed by atoms with Crippen molar-refractivity contribution in [3.05, 3.63) is 23.2 Å². The van der Waals surface area contributed by atoms with Gasteiger partial charge >= 0.3 is 6.03 Å². The summed E-state index contributed by atoms with van der Waals surface area (Å²) in [5, 5.41) is 2.62. The highest BCUT2D eigenvalue weighted by Gasteiger charge is 2.58. The van der Waals surface area contributed by atoms with E-state index >= 15 is 0 Å². The molecule has 2 fully saturated rings. The van der Waals surface area contributed by atoms with Crippen molar-refractivity contribution in [2.75, 3.05) is 12.0 Å². The highest BCUT2D eigenvalue weighted by Crippen LogP contribution is 2.46. The number of ether oxygens (including phenoxy) is 1. The Morgan fingerprint density at radius 2 is 2.00 bits per heavy atom. The second kappa shape index (κ2) is 4.73. The van der Waals surface area contributed by atoms with Crippen LogP contribution in [0.5, 0.6) is 5.75 Å². The summed E-state index contributed by atoms with van der Waals surface area (Å²) in [6, 6.07) is 3.87. The van der Waals surface area contributed by atoms with Gasteiger partial charge in [-0.1, -0.05) is 18.0 Å². The molecule has 0 radical (unpaired) electrons. The van der Waals surface area contributed by atoms with E-state index in [0.29, 0.717) is 23.6 Å². The van der Waals surface area contributed by atoms with Crippen LogP contribution in [0.15, 0.2) is 18.2 Å². The summed E-state index contributed by atoms with van der Waals surface area (Å²) >= 11 is 5.94. The number of urea groups is 1. The van der Waals surface area contributed by atoms with E-state index < -0.39 is 23.3 Å². The second-order valence-electron chi connectivity index (χ2n) is 5.15. The standard InChI is InChI=1S/C14H13ClN2O4/c1-21-10-4-3-8(15)7-9(10)17-12(19)14(5-2-6-14)11(18)16-13(17)20/h3-4,7H,2,5-6H2,1H3,(H,16,18,20). The lowest BCUT2D eigenvalue weighted by Gasteiger charge is -2.44. The number of nitrogens with one attached hydrogen (secondary N) is 1. The maximum absolute atomic E-state index is 12.7. The minimum Gasteiger partial charge on any atom is -0.495 e. The summed E-state index contributed by atoms with van der Waals surface area (Å²) in [5.41, 5.74) is -0.882. The summed E-state index contributed by atoms with van der Waals surface area (Å²) in [7, 11) is 1.43. The summed E-state index contributed by atoms with van der Waals surface area (Å²) < 4.78 is 5.18. The average Bonchev–Trinajstić information content (AvgIpc) is 2.37. The Bertz CT molecular complexity index is 654. The zero-order chi connectivity index (χ0) is 15.2. The number of imide groups is 2. The summed E-state index contributed by atoms with van der Waals surface area (Å²) in [4.78, 5) is 37.7. The number of halogens is 1. The van der Waals surface area contributed by atoms with Crippen molar-refractivity contribution < 1.29 is 19.1 Å². The van der Waals surface area contributed by atoms with E-state index in [1.54, 1.807) is 12.1 Å². The number of carbonyl (C=O) groups excluding carboxylic acids is 3. The third kappa shape index (κ3) is 1.90. The number of carbonyl (C=O) groups is 3. The van der Waals surface area contributed by atoms with Crippen molar-refractivity contribution in [2.24, 2.45) is 5.41 Å². The van der Waals surface area contributed by atoms with E-state index in [-0.39, 0.29) is 5.69 Å². The first-order valence-electron chi connectivity index (χ1n) is 6.53. The molecule has 2 aliphatic rings. The van der Waals surface area contributed by atoms with Crippen LogP contribution in [0.2, 0.25) is 5.02 Å². The fraction of sp³-hybridized carbons (Fsp3) is 0.357. The Balaban J connectivity index is 2.08. The molecular formula is C14H13ClN2O4. The van der Waals surface area contributed by atoms with Crippen LogP contribution in [0, 0.1) is 5.41 Å². The molecule has 1 N–H and O–H groups in total. The minimum absolute atomic E-state index is 0.242. The molecule has 6 nitrogen and oxygen atoms in total. The van der Waals surface area contributed by atoms with Crippen molar-refractivity contribution in [2.45, 2.75) is 19.3 Å². The fourth-order valence-electron chi connectivity index (χ4n) is 2.70. The number of nitrogens with zero attached hydrogens (tertiary/aromatic N) is 1. The largest absolute Gasteiger partial charge is 0.495 e. The molecule has 1 heterocycles. The van der Waals surface area contributed by atoms with Gasteiger partial charge in [-0.25, -0.2) is 9.69 Å². The molecule has 1 saturated carbocycles. The van der Waals surface area contributed by atoms with Crippen LogP contribution in [0.1, 0.15) is 19.3 Å². The highest BCUT2D eigenvalue weighted by atomic mass is 35.5. The number of amides is 4. The van der Waals surface area contributed by atoms with Crippen LogP contribution in [-0.4, -0.2) is 25.0 Å². The van der Waals surface area contributed by atoms with Gasteiger partial charge in [0.1, 0.15) is 11.2 Å². The van der Waals surface area contributed by atoms with E-state index in [1.807, 2.05) is 0 Å². The molecule has 1 spiro atoms. The first-order valence-corrected chi connectivity index (χ1v) is 6.91. The Morgan fingerprint density at radius 1 is 1.29 bits per heavy atom. The molecule has 1 aromatic carbocycles. The first-order chi connectivity index (χ1) is 9.99. The normalized spacial score (nSPS) is 20.3. The molecule has 0 aromatic heterocycles. The van der Waals surface area contributed by atoms with Gasteiger partial charge in [0, 0.05) is 5.02 Å². The van der Waals surface area contributed by atoms with E-state index in [9.17, 15) is 14.4 Å². The minimum atomic E-state index is -1.12. The molecule has 7 heteroatoms.